The molecule has 0 fully saturated rings. The Kier molecular flexibility index (Phi) is 6.15. The first-order valence-corrected chi connectivity index (χ1v) is 8.68. The number of unbranched alkanes of at least 4 members (excludes halogenated alkanes) is 1. The third-order valence-electron chi connectivity index (χ3n) is 3.95. The zero-order valence-electron chi connectivity index (χ0n) is 13.6. The largest absolute Gasteiger partial charge is 0.308 e. The molecule has 1 heterocycles. The Labute approximate surface area is 132 Å². The van der Waals surface area contributed by atoms with Crippen LogP contribution in [0, 0.1) is 0 Å². The fraction of sp³-hybridized carbons (Fsp3) is 0.588. The van der Waals surface area contributed by atoms with Gasteiger partial charge in [-0.1, -0.05) is 12.1 Å². The number of aromatic nitrogens is 1. The molecule has 0 saturated heterocycles. The number of hydrogen-bond acceptors (Lipinski definition) is 4. The number of thiazole rings is 1. The molecule has 1 aromatic heterocycles. The number of para-hydroxylation sites is 1. The fourth-order valence-electron chi connectivity index (χ4n) is 2.23. The molecule has 2 rings (SSSR count). The van der Waals surface area contributed by atoms with Gasteiger partial charge in [0.05, 0.1) is 16.3 Å². The monoisotopic (exact) mass is 305 g/mol. The minimum Gasteiger partial charge on any atom is -0.308 e. The van der Waals surface area contributed by atoms with Crippen LogP contribution in [-0.4, -0.2) is 36.1 Å². The van der Waals surface area contributed by atoms with Crippen molar-refractivity contribution in [3.63, 3.8) is 0 Å². The summed E-state index contributed by atoms with van der Waals surface area (Å²) in [7, 11) is 2.20. The maximum atomic E-state index is 4.71. The molecular weight excluding hydrogens is 278 g/mol. The SMILES string of the molecule is CC(NCCCCN(C)C(C)C)c1nc2ccccc2s1. The molecule has 1 aromatic carbocycles. The van der Waals surface area contributed by atoms with E-state index in [1.54, 1.807) is 11.3 Å². The normalized spacial score (nSPS) is 13.4. The van der Waals surface area contributed by atoms with E-state index in [1.165, 1.54) is 29.1 Å². The van der Waals surface area contributed by atoms with Crippen molar-refractivity contribution in [1.82, 2.24) is 15.2 Å². The molecule has 0 bridgehead atoms. The van der Waals surface area contributed by atoms with E-state index in [0.29, 0.717) is 12.1 Å². The second kappa shape index (κ2) is 7.87. The lowest BCUT2D eigenvalue weighted by molar-refractivity contribution is 0.267. The van der Waals surface area contributed by atoms with Crippen LogP contribution in [0.3, 0.4) is 0 Å². The van der Waals surface area contributed by atoms with Crippen molar-refractivity contribution in [3.05, 3.63) is 29.3 Å². The molecular formula is C17H27N3S. The summed E-state index contributed by atoms with van der Waals surface area (Å²) in [5.74, 6) is 0. The smallest absolute Gasteiger partial charge is 0.111 e. The standard InChI is InChI=1S/C17H27N3S/c1-13(2)20(4)12-8-7-11-18-14(3)17-19-15-9-5-6-10-16(15)21-17/h5-6,9-10,13-14,18H,7-8,11-12H2,1-4H3. The van der Waals surface area contributed by atoms with E-state index in [0.717, 1.165) is 12.1 Å². The number of nitrogens with zero attached hydrogens (tertiary/aromatic N) is 2. The lowest BCUT2D eigenvalue weighted by Gasteiger charge is -2.20. The van der Waals surface area contributed by atoms with Gasteiger partial charge in [-0.25, -0.2) is 4.98 Å². The van der Waals surface area contributed by atoms with E-state index in [1.807, 2.05) is 0 Å². The summed E-state index contributed by atoms with van der Waals surface area (Å²) < 4.78 is 1.28. The predicted molar refractivity (Wildman–Crippen MR) is 93.0 cm³/mol. The third-order valence-corrected chi connectivity index (χ3v) is 5.17. The van der Waals surface area contributed by atoms with E-state index in [4.69, 9.17) is 4.98 Å². The van der Waals surface area contributed by atoms with Crippen LogP contribution >= 0.6 is 11.3 Å². The number of nitrogens with one attached hydrogen (secondary N) is 1. The van der Waals surface area contributed by atoms with Gasteiger partial charge < -0.3 is 10.2 Å². The predicted octanol–water partition coefficient (Wildman–Crippen LogP) is 4.07. The number of fused-ring (bicyclic) bond motifs is 1. The summed E-state index contributed by atoms with van der Waals surface area (Å²) >= 11 is 1.80. The van der Waals surface area contributed by atoms with E-state index in [2.05, 4.69) is 62.3 Å². The van der Waals surface area contributed by atoms with Crippen LogP contribution < -0.4 is 5.32 Å². The highest BCUT2D eigenvalue weighted by molar-refractivity contribution is 7.18. The van der Waals surface area contributed by atoms with E-state index in [-0.39, 0.29) is 0 Å². The molecule has 0 spiro atoms. The van der Waals surface area contributed by atoms with Crippen molar-refractivity contribution in [3.8, 4) is 0 Å². The maximum Gasteiger partial charge on any atom is 0.111 e. The Morgan fingerprint density at radius 1 is 1.19 bits per heavy atom. The highest BCUT2D eigenvalue weighted by Crippen LogP contribution is 2.25. The lowest BCUT2D eigenvalue weighted by Crippen LogP contribution is -2.28. The fourth-order valence-corrected chi connectivity index (χ4v) is 3.22. The maximum absolute atomic E-state index is 4.71. The van der Waals surface area contributed by atoms with Gasteiger partial charge in [0.25, 0.3) is 0 Å². The molecule has 1 N–H and O–H groups in total. The number of rotatable bonds is 8. The zero-order valence-corrected chi connectivity index (χ0v) is 14.4. The van der Waals surface area contributed by atoms with Gasteiger partial charge in [0.15, 0.2) is 0 Å². The van der Waals surface area contributed by atoms with Gasteiger partial charge in [-0.05, 0) is 65.9 Å². The van der Waals surface area contributed by atoms with Gasteiger partial charge in [-0.3, -0.25) is 0 Å². The summed E-state index contributed by atoms with van der Waals surface area (Å²) in [6.07, 6.45) is 2.46. The van der Waals surface area contributed by atoms with Crippen LogP contribution in [0.15, 0.2) is 24.3 Å². The first-order chi connectivity index (χ1) is 10.1. The minimum atomic E-state index is 0.338. The van der Waals surface area contributed by atoms with Crippen molar-refractivity contribution in [2.75, 3.05) is 20.1 Å². The van der Waals surface area contributed by atoms with Crippen LogP contribution in [0.5, 0.6) is 0 Å². The number of hydrogen-bond donors (Lipinski definition) is 1. The first kappa shape index (κ1) is 16.4. The van der Waals surface area contributed by atoms with E-state index in [9.17, 15) is 0 Å². The highest BCUT2D eigenvalue weighted by atomic mass is 32.1. The van der Waals surface area contributed by atoms with Crippen LogP contribution in [0.2, 0.25) is 0 Å². The summed E-state index contributed by atoms with van der Waals surface area (Å²) in [4.78, 5) is 7.11. The first-order valence-electron chi connectivity index (χ1n) is 7.87. The lowest BCUT2D eigenvalue weighted by atomic mass is 10.2. The summed E-state index contributed by atoms with van der Waals surface area (Å²) in [5.41, 5.74) is 1.12. The van der Waals surface area contributed by atoms with Crippen molar-refractivity contribution in [2.45, 2.75) is 45.7 Å². The van der Waals surface area contributed by atoms with Crippen molar-refractivity contribution >= 4 is 21.6 Å². The molecule has 0 aliphatic carbocycles. The van der Waals surface area contributed by atoms with E-state index >= 15 is 0 Å². The average Bonchev–Trinajstić information content (AvgIpc) is 2.90. The molecule has 116 valence electrons. The molecule has 0 amide bonds. The molecule has 3 nitrogen and oxygen atoms in total. The van der Waals surface area contributed by atoms with Crippen LogP contribution in [0.1, 0.15) is 44.7 Å². The Hall–Kier alpha value is -0.970. The zero-order chi connectivity index (χ0) is 15.2. The van der Waals surface area contributed by atoms with Crippen molar-refractivity contribution in [1.29, 1.82) is 0 Å². The minimum absolute atomic E-state index is 0.338. The van der Waals surface area contributed by atoms with Gasteiger partial charge in [-0.15, -0.1) is 11.3 Å². The third kappa shape index (κ3) is 4.77. The molecule has 1 unspecified atom stereocenters. The van der Waals surface area contributed by atoms with Crippen LogP contribution in [-0.2, 0) is 0 Å². The second-order valence-electron chi connectivity index (χ2n) is 5.98. The summed E-state index contributed by atoms with van der Waals surface area (Å²) in [6, 6.07) is 9.34. The summed E-state index contributed by atoms with van der Waals surface area (Å²) in [5, 5.41) is 4.78. The highest BCUT2D eigenvalue weighted by Gasteiger charge is 2.10. The van der Waals surface area contributed by atoms with E-state index < -0.39 is 0 Å². The van der Waals surface area contributed by atoms with Gasteiger partial charge in [0, 0.05) is 6.04 Å². The van der Waals surface area contributed by atoms with Crippen LogP contribution in [0.25, 0.3) is 10.2 Å². The molecule has 0 aliphatic heterocycles. The molecule has 2 aromatic rings. The Morgan fingerprint density at radius 2 is 1.95 bits per heavy atom. The summed E-state index contributed by atoms with van der Waals surface area (Å²) in [6.45, 7) is 8.93. The Balaban J connectivity index is 1.73. The number of benzene rings is 1. The second-order valence-corrected chi connectivity index (χ2v) is 7.04. The molecule has 0 radical (unpaired) electrons. The average molecular weight is 305 g/mol. The van der Waals surface area contributed by atoms with Gasteiger partial charge >= 0.3 is 0 Å². The topological polar surface area (TPSA) is 28.2 Å². The van der Waals surface area contributed by atoms with Gasteiger partial charge in [0.2, 0.25) is 0 Å². The van der Waals surface area contributed by atoms with Crippen molar-refractivity contribution in [2.24, 2.45) is 0 Å². The van der Waals surface area contributed by atoms with Gasteiger partial charge in [-0.2, -0.15) is 0 Å². The molecule has 21 heavy (non-hydrogen) atoms. The molecule has 0 aliphatic rings. The quantitative estimate of drug-likeness (QED) is 0.745. The molecule has 0 saturated carbocycles. The Morgan fingerprint density at radius 3 is 2.67 bits per heavy atom. The van der Waals surface area contributed by atoms with Crippen molar-refractivity contribution < 1.29 is 0 Å². The van der Waals surface area contributed by atoms with Gasteiger partial charge in [0.1, 0.15) is 5.01 Å². The molecule has 1 atom stereocenters. The Bertz CT molecular complexity index is 517. The molecule has 4 heteroatoms. The van der Waals surface area contributed by atoms with Crippen LogP contribution in [0.4, 0.5) is 0 Å².